The highest BCUT2D eigenvalue weighted by Gasteiger charge is 2.03. The van der Waals surface area contributed by atoms with E-state index in [0.29, 0.717) is 5.96 Å². The van der Waals surface area contributed by atoms with Crippen LogP contribution >= 0.6 is 0 Å². The van der Waals surface area contributed by atoms with Crippen LogP contribution in [0.25, 0.3) is 10.9 Å². The third-order valence-corrected chi connectivity index (χ3v) is 4.04. The first-order valence-electron chi connectivity index (χ1n) is 8.49. The van der Waals surface area contributed by atoms with E-state index in [2.05, 4.69) is 22.1 Å². The molecule has 0 aliphatic carbocycles. The minimum atomic E-state index is 0.225. The topological polar surface area (TPSA) is 90.0 Å². The minimum Gasteiger partial charge on any atom is -0.508 e. The van der Waals surface area contributed by atoms with Gasteiger partial charge in [0.2, 0.25) is 5.96 Å². The molecule has 2 rings (SSSR count). The van der Waals surface area contributed by atoms with Gasteiger partial charge in [0.1, 0.15) is 5.75 Å². The number of aromatic nitrogens is 1. The Morgan fingerprint density at radius 3 is 2.88 bits per heavy atom. The molecule has 24 heavy (non-hydrogen) atoms. The van der Waals surface area contributed by atoms with Crippen molar-refractivity contribution in [3.05, 3.63) is 30.0 Å². The minimum absolute atomic E-state index is 0.225. The van der Waals surface area contributed by atoms with E-state index >= 15 is 0 Å². The van der Waals surface area contributed by atoms with E-state index in [0.717, 1.165) is 29.4 Å². The van der Waals surface area contributed by atoms with E-state index < -0.39 is 0 Å². The molecule has 0 saturated carbocycles. The van der Waals surface area contributed by atoms with Crippen molar-refractivity contribution in [1.29, 1.82) is 0 Å². The molecule has 0 aliphatic heterocycles. The zero-order chi connectivity index (χ0) is 17.4. The van der Waals surface area contributed by atoms with Gasteiger partial charge in [-0.15, -0.1) is 5.10 Å². The van der Waals surface area contributed by atoms with Crippen LogP contribution < -0.4 is 5.73 Å². The number of rotatable bonds is 8. The van der Waals surface area contributed by atoms with Crippen molar-refractivity contribution in [1.82, 2.24) is 9.88 Å². The van der Waals surface area contributed by atoms with Gasteiger partial charge >= 0.3 is 0 Å². The second-order valence-electron chi connectivity index (χ2n) is 6.01. The molecule has 0 bridgehead atoms. The Labute approximate surface area is 143 Å². The molecular weight excluding hydrogens is 302 g/mol. The molecule has 0 spiro atoms. The van der Waals surface area contributed by atoms with E-state index in [1.54, 1.807) is 18.3 Å². The number of hydrogen-bond acceptors (Lipinski definition) is 3. The predicted molar refractivity (Wildman–Crippen MR) is 101 cm³/mol. The summed E-state index contributed by atoms with van der Waals surface area (Å²) in [5.41, 5.74) is 7.75. The predicted octanol–water partition coefficient (Wildman–Crippen LogP) is 3.42. The van der Waals surface area contributed by atoms with Crippen molar-refractivity contribution in [2.45, 2.75) is 39.0 Å². The highest BCUT2D eigenvalue weighted by atomic mass is 16.3. The molecular formula is C18H27N5O. The zero-order valence-electron chi connectivity index (χ0n) is 14.5. The Morgan fingerprint density at radius 2 is 2.08 bits per heavy atom. The molecule has 4 N–H and O–H groups in total. The summed E-state index contributed by atoms with van der Waals surface area (Å²) >= 11 is 0. The van der Waals surface area contributed by atoms with Crippen LogP contribution in [0, 0.1) is 0 Å². The molecule has 0 unspecified atom stereocenters. The summed E-state index contributed by atoms with van der Waals surface area (Å²) in [7, 11) is 1.93. The third-order valence-electron chi connectivity index (χ3n) is 4.04. The van der Waals surface area contributed by atoms with E-state index in [4.69, 9.17) is 5.73 Å². The van der Waals surface area contributed by atoms with E-state index in [1.165, 1.54) is 25.7 Å². The number of aromatic amines is 1. The van der Waals surface area contributed by atoms with E-state index in [9.17, 15) is 5.11 Å². The van der Waals surface area contributed by atoms with Gasteiger partial charge in [-0.3, -0.25) is 0 Å². The van der Waals surface area contributed by atoms with Crippen LogP contribution in [0.15, 0.2) is 34.6 Å². The van der Waals surface area contributed by atoms with Crippen molar-refractivity contribution >= 4 is 23.1 Å². The molecule has 0 fully saturated rings. The Balaban J connectivity index is 1.90. The lowest BCUT2D eigenvalue weighted by Crippen LogP contribution is -2.34. The number of hydrogen-bond donors (Lipinski definition) is 3. The highest BCUT2D eigenvalue weighted by Crippen LogP contribution is 2.21. The summed E-state index contributed by atoms with van der Waals surface area (Å²) in [6, 6.07) is 5.17. The maximum absolute atomic E-state index is 9.58. The molecule has 6 heteroatoms. The number of fused-ring (bicyclic) bond motifs is 1. The lowest BCUT2D eigenvalue weighted by molar-refractivity contribution is 0.462. The lowest BCUT2D eigenvalue weighted by atomic mass is 10.1. The third kappa shape index (κ3) is 5.01. The van der Waals surface area contributed by atoms with Crippen molar-refractivity contribution in [3.8, 4) is 5.75 Å². The number of phenols is 1. The molecule has 0 aliphatic rings. The number of nitrogens with two attached hydrogens (primary N) is 1. The van der Waals surface area contributed by atoms with Gasteiger partial charge in [-0.25, -0.2) is 0 Å². The van der Waals surface area contributed by atoms with Gasteiger partial charge in [0.15, 0.2) is 0 Å². The molecule has 1 aromatic heterocycles. The summed E-state index contributed by atoms with van der Waals surface area (Å²) in [5, 5.41) is 18.6. The van der Waals surface area contributed by atoms with Crippen molar-refractivity contribution < 1.29 is 5.11 Å². The maximum Gasteiger partial charge on any atom is 0.216 e. The number of nitrogens with one attached hydrogen (secondary N) is 1. The summed E-state index contributed by atoms with van der Waals surface area (Å²) in [5.74, 6) is 0.631. The van der Waals surface area contributed by atoms with Crippen LogP contribution in [0.5, 0.6) is 5.75 Å². The molecule has 0 radical (unpaired) electrons. The molecule has 2 aromatic rings. The normalized spacial score (nSPS) is 12.3. The second-order valence-corrected chi connectivity index (χ2v) is 6.01. The summed E-state index contributed by atoms with van der Waals surface area (Å²) in [6.45, 7) is 3.10. The monoisotopic (exact) mass is 329 g/mol. The Morgan fingerprint density at radius 1 is 1.29 bits per heavy atom. The molecule has 130 valence electrons. The number of nitrogens with zero attached hydrogens (tertiary/aromatic N) is 3. The second kappa shape index (κ2) is 8.96. The maximum atomic E-state index is 9.58. The fraction of sp³-hybridized carbons (Fsp3) is 0.444. The molecule has 6 nitrogen and oxygen atoms in total. The van der Waals surface area contributed by atoms with Crippen LogP contribution in [-0.2, 0) is 0 Å². The number of guanidine groups is 1. The first kappa shape index (κ1) is 17.8. The van der Waals surface area contributed by atoms with Crippen LogP contribution in [-0.4, -0.2) is 40.8 Å². The van der Waals surface area contributed by atoms with Crippen LogP contribution in [0.3, 0.4) is 0 Å². The molecule has 0 saturated heterocycles. The summed E-state index contributed by atoms with van der Waals surface area (Å²) < 4.78 is 0. The quantitative estimate of drug-likeness (QED) is 0.300. The van der Waals surface area contributed by atoms with Gasteiger partial charge in [0.05, 0.1) is 6.21 Å². The summed E-state index contributed by atoms with van der Waals surface area (Å²) in [6.07, 6.45) is 9.60. The van der Waals surface area contributed by atoms with Gasteiger partial charge in [-0.2, -0.15) is 5.10 Å². The first-order valence-corrected chi connectivity index (χ1v) is 8.49. The van der Waals surface area contributed by atoms with Gasteiger partial charge in [0.25, 0.3) is 0 Å². The van der Waals surface area contributed by atoms with Gasteiger partial charge in [0, 0.05) is 36.3 Å². The van der Waals surface area contributed by atoms with Gasteiger partial charge < -0.3 is 20.7 Å². The first-order chi connectivity index (χ1) is 11.6. The average Bonchev–Trinajstić information content (AvgIpc) is 2.96. The Bertz CT molecular complexity index is 704. The van der Waals surface area contributed by atoms with E-state index in [-0.39, 0.29) is 5.75 Å². The van der Waals surface area contributed by atoms with Crippen molar-refractivity contribution in [3.63, 3.8) is 0 Å². The Hall–Kier alpha value is -2.50. The highest BCUT2D eigenvalue weighted by molar-refractivity contribution is 5.99. The number of unbranched alkanes of at least 4 members (excludes halogenated alkanes) is 4. The molecule has 1 heterocycles. The fourth-order valence-corrected chi connectivity index (χ4v) is 2.53. The van der Waals surface area contributed by atoms with Crippen molar-refractivity contribution in [2.24, 2.45) is 15.9 Å². The Kier molecular flexibility index (Phi) is 6.66. The lowest BCUT2D eigenvalue weighted by Gasteiger charge is -2.16. The largest absolute Gasteiger partial charge is 0.508 e. The van der Waals surface area contributed by atoms with Gasteiger partial charge in [-0.1, -0.05) is 32.6 Å². The van der Waals surface area contributed by atoms with Gasteiger partial charge in [-0.05, 0) is 24.6 Å². The number of phenolic OH excluding ortho intramolecular Hbond substituents is 1. The van der Waals surface area contributed by atoms with Crippen LogP contribution in [0.2, 0.25) is 0 Å². The average molecular weight is 329 g/mol. The summed E-state index contributed by atoms with van der Waals surface area (Å²) in [4.78, 5) is 5.05. The van der Waals surface area contributed by atoms with Crippen LogP contribution in [0.1, 0.15) is 44.6 Å². The molecule has 0 atom stereocenters. The standard InChI is InChI=1S/C18H27N5O/c1-3-4-5-6-7-10-23(2)18(19)22-21-13-14-12-20-17-9-8-15(24)11-16(14)17/h8-9,11-13,20,24H,3-7,10H2,1-2H3,(H2,19,22)/b21-13+. The number of benzene rings is 1. The smallest absolute Gasteiger partial charge is 0.216 e. The SMILES string of the molecule is CCCCCCCN(C)C(N)=N/N=C/c1c[nH]c2ccc(O)cc12. The molecule has 1 aromatic carbocycles. The van der Waals surface area contributed by atoms with Crippen LogP contribution in [0.4, 0.5) is 0 Å². The fourth-order valence-electron chi connectivity index (χ4n) is 2.53. The molecule has 0 amide bonds. The number of H-pyrrole nitrogens is 1. The van der Waals surface area contributed by atoms with E-state index in [1.807, 2.05) is 24.2 Å². The zero-order valence-corrected chi connectivity index (χ0v) is 14.5. The number of aromatic hydroxyl groups is 1. The van der Waals surface area contributed by atoms with Crippen molar-refractivity contribution in [2.75, 3.05) is 13.6 Å².